The van der Waals surface area contributed by atoms with E-state index in [1.807, 2.05) is 0 Å². The minimum absolute atomic E-state index is 0. The van der Waals surface area contributed by atoms with Crippen LogP contribution in [0.5, 0.6) is 0 Å². The van der Waals surface area contributed by atoms with E-state index in [1.165, 1.54) is 6.33 Å². The number of nitrogens with one attached hydrogen (secondary N) is 2. The number of aliphatic hydroxyl groups excluding tert-OH is 1. The van der Waals surface area contributed by atoms with Crippen molar-refractivity contribution in [3.63, 3.8) is 0 Å². The number of aromatic nitrogens is 2. The molecule has 1 aromatic rings. The maximum absolute atomic E-state index is 10.1. The first-order valence-corrected chi connectivity index (χ1v) is 11.2. The van der Waals surface area contributed by atoms with E-state index >= 15 is 0 Å². The summed E-state index contributed by atoms with van der Waals surface area (Å²) in [4.78, 5) is 49.0. The minimum Gasteiger partial charge on any atom is -0.376 e. The molecule has 0 radical (unpaired) electrons. The topological polar surface area (TPSA) is 454 Å². The Bertz CT molecular complexity index is 837. The quantitative estimate of drug-likeness (QED) is 0.123. The van der Waals surface area contributed by atoms with Gasteiger partial charge in [-0.2, -0.15) is 0 Å². The van der Waals surface area contributed by atoms with Crippen molar-refractivity contribution >= 4 is 27.3 Å². The molecular weight excluding hydrogens is 524 g/mol. The first-order valence-electron chi connectivity index (χ1n) is 8.09. The SMILES string of the molecule is CN1CNc2c(ncn2[C@H]2C[C@](N)(O)[C@@H](C(N)O)O2)C1=N.N.N.N.N.O=P(O)(O)O.O=P(O)(O)O. The molecule has 0 amide bonds. The molecule has 0 bridgehead atoms. The molecule has 0 spiro atoms. The van der Waals surface area contributed by atoms with Crippen LogP contribution in [0.4, 0.5) is 5.82 Å². The van der Waals surface area contributed by atoms with Crippen LogP contribution in [0.3, 0.4) is 0 Å². The lowest BCUT2D eigenvalue weighted by Crippen LogP contribution is -2.55. The van der Waals surface area contributed by atoms with Crippen molar-refractivity contribution in [2.45, 2.75) is 30.7 Å². The van der Waals surface area contributed by atoms with Gasteiger partial charge in [-0.25, -0.2) is 14.1 Å². The largest absolute Gasteiger partial charge is 0.466 e. The number of ether oxygens (including phenoxy) is 1. The maximum atomic E-state index is 10.1. The van der Waals surface area contributed by atoms with Crippen LogP contribution in [-0.2, 0) is 13.9 Å². The molecule has 1 saturated heterocycles. The molecular formula is C11H37N11O11P2. The lowest BCUT2D eigenvalue weighted by molar-refractivity contribution is -0.112. The third kappa shape index (κ3) is 13.3. The van der Waals surface area contributed by atoms with Crippen LogP contribution < -0.4 is 41.4 Å². The fraction of sp³-hybridized carbons (Fsp3) is 0.636. The molecule has 2 aliphatic heterocycles. The number of amidine groups is 1. The van der Waals surface area contributed by atoms with Crippen molar-refractivity contribution in [2.75, 3.05) is 19.0 Å². The fourth-order valence-electron chi connectivity index (χ4n) is 2.65. The number of imidazole rings is 1. The second-order valence-electron chi connectivity index (χ2n) is 6.45. The highest BCUT2D eigenvalue weighted by atomic mass is 31.2. The molecule has 35 heavy (non-hydrogen) atoms. The maximum Gasteiger partial charge on any atom is 0.466 e. The normalized spacial score (nSPS) is 23.6. The van der Waals surface area contributed by atoms with Gasteiger partial charge in [0.25, 0.3) is 0 Å². The smallest absolute Gasteiger partial charge is 0.376 e. The molecule has 0 aliphatic carbocycles. The van der Waals surface area contributed by atoms with Gasteiger partial charge in [0.05, 0.1) is 13.0 Å². The first kappa shape index (κ1) is 40.5. The van der Waals surface area contributed by atoms with Gasteiger partial charge in [0, 0.05) is 13.5 Å². The number of phosphoric acid groups is 2. The molecule has 1 aromatic heterocycles. The molecule has 212 valence electrons. The second kappa shape index (κ2) is 14.8. The monoisotopic (exact) mass is 561 g/mol. The van der Waals surface area contributed by atoms with Crippen molar-refractivity contribution in [2.24, 2.45) is 11.5 Å². The summed E-state index contributed by atoms with van der Waals surface area (Å²) in [7, 11) is -7.50. The molecule has 3 heterocycles. The number of aliphatic hydroxyl groups is 2. The summed E-state index contributed by atoms with van der Waals surface area (Å²) in [5.74, 6) is 0.907. The van der Waals surface area contributed by atoms with Crippen LogP contribution in [0.25, 0.3) is 0 Å². The van der Waals surface area contributed by atoms with Gasteiger partial charge in [0.1, 0.15) is 35.8 Å². The molecule has 24 heteroatoms. The third-order valence-corrected chi connectivity index (χ3v) is 3.80. The molecule has 22 nitrogen and oxygen atoms in total. The number of fused-ring (bicyclic) bond motifs is 1. The zero-order valence-electron chi connectivity index (χ0n) is 18.7. The zero-order chi connectivity index (χ0) is 24.4. The minimum atomic E-state index is -4.64. The molecule has 0 aromatic carbocycles. The summed E-state index contributed by atoms with van der Waals surface area (Å²) in [5.41, 5.74) is 9.87. The average Bonchev–Trinajstić information content (AvgIpc) is 3.08. The van der Waals surface area contributed by atoms with E-state index in [2.05, 4.69) is 10.3 Å². The van der Waals surface area contributed by atoms with Crippen molar-refractivity contribution in [1.82, 2.24) is 39.1 Å². The molecule has 3 rings (SSSR count). The summed E-state index contributed by atoms with van der Waals surface area (Å²) in [6.45, 7) is 0.458. The van der Waals surface area contributed by atoms with E-state index < -0.39 is 39.9 Å². The number of anilines is 1. The van der Waals surface area contributed by atoms with Gasteiger partial charge in [-0.15, -0.1) is 0 Å². The standard InChI is InChI=1S/C11H19N7O3.4H3N.2H3O4P/c1-17-3-16-10-6(8(17)12)15-4-18(10)5-2-11(14,20)7(21-5)9(13)19;;;;;2*1-5(2,3)4/h4-5,7,9,12,16,19-20H,2-3,13-14H2,1H3;4*1H3;2*(H3,1,2,3,4)/t5-,7-,9?,11+;;;;;;/m1....../s1. The van der Waals surface area contributed by atoms with E-state index in [1.54, 1.807) is 16.5 Å². The Hall–Kier alpha value is -1.66. The Labute approximate surface area is 199 Å². The Morgan fingerprint density at radius 1 is 1.17 bits per heavy atom. The predicted octanol–water partition coefficient (Wildman–Crippen LogP) is -3.47. The Morgan fingerprint density at radius 2 is 1.60 bits per heavy atom. The van der Waals surface area contributed by atoms with E-state index in [0.717, 1.165) is 0 Å². The molecule has 2 aliphatic rings. The van der Waals surface area contributed by atoms with Gasteiger partial charge >= 0.3 is 15.6 Å². The summed E-state index contributed by atoms with van der Waals surface area (Å²) in [5, 5.41) is 30.7. The van der Waals surface area contributed by atoms with Crippen LogP contribution in [0, 0.1) is 5.41 Å². The van der Waals surface area contributed by atoms with Crippen molar-refractivity contribution < 1.29 is 53.4 Å². The highest BCUT2D eigenvalue weighted by Gasteiger charge is 2.48. The van der Waals surface area contributed by atoms with Crippen molar-refractivity contribution in [1.29, 1.82) is 5.41 Å². The second-order valence-corrected chi connectivity index (χ2v) is 8.51. The van der Waals surface area contributed by atoms with Gasteiger partial charge < -0.3 is 90.6 Å². The number of hydrogen-bond donors (Lipinski definition) is 16. The summed E-state index contributed by atoms with van der Waals surface area (Å²) < 4.78 is 25.0. The number of hydrogen-bond acceptors (Lipinski definition) is 14. The molecule has 26 N–H and O–H groups in total. The van der Waals surface area contributed by atoms with E-state index in [0.29, 0.717) is 24.0 Å². The molecule has 4 atom stereocenters. The van der Waals surface area contributed by atoms with Crippen LogP contribution >= 0.6 is 15.6 Å². The highest BCUT2D eigenvalue weighted by molar-refractivity contribution is 7.45. The summed E-state index contributed by atoms with van der Waals surface area (Å²) >= 11 is 0. The van der Waals surface area contributed by atoms with Gasteiger partial charge in [0.15, 0.2) is 5.84 Å². The molecule has 1 unspecified atom stereocenters. The summed E-state index contributed by atoms with van der Waals surface area (Å²) in [6, 6.07) is 0. The number of nitrogens with zero attached hydrogens (tertiary/aromatic N) is 3. The van der Waals surface area contributed by atoms with Crippen molar-refractivity contribution in [3.05, 3.63) is 12.0 Å². The zero-order valence-corrected chi connectivity index (χ0v) is 20.5. The van der Waals surface area contributed by atoms with Gasteiger partial charge in [-0.05, 0) is 0 Å². The van der Waals surface area contributed by atoms with Gasteiger partial charge in [-0.3, -0.25) is 9.98 Å². The molecule has 1 fully saturated rings. The van der Waals surface area contributed by atoms with E-state index in [4.69, 9.17) is 60.1 Å². The number of nitrogens with two attached hydrogens (primary N) is 2. The Balaban J connectivity index is -0.000000296. The van der Waals surface area contributed by atoms with Gasteiger partial charge in [-0.1, -0.05) is 0 Å². The van der Waals surface area contributed by atoms with Crippen LogP contribution in [0.2, 0.25) is 0 Å². The third-order valence-electron chi connectivity index (χ3n) is 3.80. The van der Waals surface area contributed by atoms with Crippen LogP contribution in [0.1, 0.15) is 18.3 Å². The fourth-order valence-corrected chi connectivity index (χ4v) is 2.65. The predicted molar refractivity (Wildman–Crippen MR) is 122 cm³/mol. The summed E-state index contributed by atoms with van der Waals surface area (Å²) in [6.07, 6.45) is -1.53. The van der Waals surface area contributed by atoms with Crippen LogP contribution in [0.15, 0.2) is 6.33 Å². The average molecular weight is 561 g/mol. The van der Waals surface area contributed by atoms with Gasteiger partial charge in [0.2, 0.25) is 0 Å². The lowest BCUT2D eigenvalue weighted by Gasteiger charge is -2.27. The van der Waals surface area contributed by atoms with Crippen LogP contribution in [-0.4, -0.2) is 91.6 Å². The van der Waals surface area contributed by atoms with E-state index in [-0.39, 0.29) is 31.0 Å². The Kier molecular flexibility index (Phi) is 17.1. The number of rotatable bonds is 2. The lowest BCUT2D eigenvalue weighted by atomic mass is 10.1. The van der Waals surface area contributed by atoms with Crippen molar-refractivity contribution in [3.8, 4) is 0 Å². The molecule has 0 saturated carbocycles. The highest BCUT2D eigenvalue weighted by Crippen LogP contribution is 2.37. The Morgan fingerprint density at radius 3 is 1.97 bits per heavy atom. The van der Waals surface area contributed by atoms with E-state index in [9.17, 15) is 10.2 Å². The first-order chi connectivity index (χ1) is 13.8.